The molecule has 0 aromatic carbocycles. The van der Waals surface area contributed by atoms with Crippen LogP contribution >= 0.6 is 0 Å². The Morgan fingerprint density at radius 2 is 2.14 bits per heavy atom. The largest absolute Gasteiger partial charge is 0.338 e. The maximum Gasteiger partial charge on any atom is 0.320 e. The minimum Gasteiger partial charge on any atom is -0.338 e. The third kappa shape index (κ3) is 5.64. The molecule has 9 heteroatoms. The van der Waals surface area contributed by atoms with Gasteiger partial charge in [0.25, 0.3) is 0 Å². The van der Waals surface area contributed by atoms with Crippen molar-refractivity contribution in [1.29, 1.82) is 0 Å². The Morgan fingerprint density at radius 3 is 2.68 bits per heavy atom. The molecule has 0 saturated heterocycles. The lowest BCUT2D eigenvalue weighted by Gasteiger charge is -2.17. The molecular formula is C13H25N5O3S. The number of rotatable bonds is 8. The number of carbonyl (C=O) groups excluding carboxylic acids is 1. The van der Waals surface area contributed by atoms with Gasteiger partial charge >= 0.3 is 6.03 Å². The van der Waals surface area contributed by atoms with E-state index in [-0.39, 0.29) is 12.1 Å². The predicted octanol–water partition coefficient (Wildman–Crippen LogP) is 1.26. The van der Waals surface area contributed by atoms with Gasteiger partial charge in [0.15, 0.2) is 0 Å². The second-order valence-corrected chi connectivity index (χ2v) is 7.23. The Hall–Kier alpha value is -1.61. The van der Waals surface area contributed by atoms with Gasteiger partial charge in [-0.3, -0.25) is 5.32 Å². The fourth-order valence-electron chi connectivity index (χ4n) is 2.00. The summed E-state index contributed by atoms with van der Waals surface area (Å²) in [5, 5.41) is 9.56. The van der Waals surface area contributed by atoms with Gasteiger partial charge in [-0.15, -0.1) is 0 Å². The lowest BCUT2D eigenvalue weighted by Crippen LogP contribution is -2.35. The number of carbonyl (C=O) groups is 1. The van der Waals surface area contributed by atoms with Crippen LogP contribution in [0.1, 0.15) is 33.2 Å². The number of nitrogens with zero attached hydrogens (tertiary/aromatic N) is 3. The van der Waals surface area contributed by atoms with Crippen LogP contribution in [0.3, 0.4) is 0 Å². The Morgan fingerprint density at radius 1 is 1.45 bits per heavy atom. The van der Waals surface area contributed by atoms with Crippen LogP contribution in [0.2, 0.25) is 0 Å². The van der Waals surface area contributed by atoms with Gasteiger partial charge in [0, 0.05) is 31.7 Å². The summed E-state index contributed by atoms with van der Waals surface area (Å²) in [6.07, 6.45) is 3.36. The summed E-state index contributed by atoms with van der Waals surface area (Å²) in [5.74, 6) is 0.624. The van der Waals surface area contributed by atoms with Crippen LogP contribution in [0.25, 0.3) is 0 Å². The number of urea groups is 1. The molecule has 1 aromatic heterocycles. The van der Waals surface area contributed by atoms with Gasteiger partial charge in [0.2, 0.25) is 10.0 Å². The molecule has 2 amide bonds. The standard InChI is InChI=1S/C13H25N5O3S/c1-5-17(22(4,20)21)10-6-8-14-13(19)16-12-7-9-15-18(12)11(2)3/h7,9,11H,5-6,8,10H2,1-4H3,(H2,14,16,19). The van der Waals surface area contributed by atoms with Crippen LogP contribution in [-0.2, 0) is 10.0 Å². The molecule has 0 aliphatic rings. The smallest absolute Gasteiger partial charge is 0.320 e. The highest BCUT2D eigenvalue weighted by molar-refractivity contribution is 7.88. The number of amides is 2. The van der Waals surface area contributed by atoms with E-state index in [0.717, 1.165) is 0 Å². The lowest BCUT2D eigenvalue weighted by atomic mass is 10.4. The molecule has 8 nitrogen and oxygen atoms in total. The summed E-state index contributed by atoms with van der Waals surface area (Å²) < 4.78 is 25.9. The van der Waals surface area contributed by atoms with E-state index >= 15 is 0 Å². The number of anilines is 1. The second-order valence-electron chi connectivity index (χ2n) is 5.24. The van der Waals surface area contributed by atoms with Gasteiger partial charge in [0.1, 0.15) is 5.82 Å². The quantitative estimate of drug-likeness (QED) is 0.701. The van der Waals surface area contributed by atoms with E-state index in [4.69, 9.17) is 0 Å². The van der Waals surface area contributed by atoms with Gasteiger partial charge in [-0.05, 0) is 20.3 Å². The van der Waals surface area contributed by atoms with E-state index in [9.17, 15) is 13.2 Å². The molecule has 0 atom stereocenters. The predicted molar refractivity (Wildman–Crippen MR) is 86.3 cm³/mol. The van der Waals surface area contributed by atoms with E-state index in [1.54, 1.807) is 23.9 Å². The Kier molecular flexibility index (Phi) is 6.82. The van der Waals surface area contributed by atoms with Gasteiger partial charge in [-0.25, -0.2) is 22.2 Å². The zero-order chi connectivity index (χ0) is 16.8. The first-order chi connectivity index (χ1) is 10.3. The van der Waals surface area contributed by atoms with Crippen molar-refractivity contribution in [3.63, 3.8) is 0 Å². The number of nitrogens with one attached hydrogen (secondary N) is 2. The highest BCUT2D eigenvalue weighted by Crippen LogP contribution is 2.12. The summed E-state index contributed by atoms with van der Waals surface area (Å²) in [4.78, 5) is 11.8. The molecule has 0 fully saturated rings. The summed E-state index contributed by atoms with van der Waals surface area (Å²) >= 11 is 0. The first kappa shape index (κ1) is 18.4. The van der Waals surface area contributed by atoms with Crippen molar-refractivity contribution in [3.8, 4) is 0 Å². The molecule has 1 rings (SSSR count). The molecule has 2 N–H and O–H groups in total. The van der Waals surface area contributed by atoms with Crippen LogP contribution in [0, 0.1) is 0 Å². The third-order valence-corrected chi connectivity index (χ3v) is 4.47. The summed E-state index contributed by atoms with van der Waals surface area (Å²) in [7, 11) is -3.18. The number of hydrogen-bond donors (Lipinski definition) is 2. The van der Waals surface area contributed by atoms with Crippen LogP contribution < -0.4 is 10.6 Å². The van der Waals surface area contributed by atoms with E-state index in [0.29, 0.717) is 31.9 Å². The maximum atomic E-state index is 11.8. The van der Waals surface area contributed by atoms with Crippen molar-refractivity contribution in [2.75, 3.05) is 31.2 Å². The lowest BCUT2D eigenvalue weighted by molar-refractivity contribution is 0.251. The topological polar surface area (TPSA) is 96.3 Å². The second kappa shape index (κ2) is 8.14. The monoisotopic (exact) mass is 331 g/mol. The highest BCUT2D eigenvalue weighted by atomic mass is 32.2. The molecule has 0 aliphatic heterocycles. The van der Waals surface area contributed by atoms with Crippen molar-refractivity contribution < 1.29 is 13.2 Å². The zero-order valence-electron chi connectivity index (χ0n) is 13.5. The highest BCUT2D eigenvalue weighted by Gasteiger charge is 2.13. The number of aromatic nitrogens is 2. The minimum absolute atomic E-state index is 0.151. The van der Waals surface area contributed by atoms with Gasteiger partial charge in [-0.1, -0.05) is 6.92 Å². The normalized spacial score (nSPS) is 11.9. The summed E-state index contributed by atoms with van der Waals surface area (Å²) in [6.45, 7) is 6.95. The Balaban J connectivity index is 2.36. The van der Waals surface area contributed by atoms with Crippen molar-refractivity contribution >= 4 is 21.9 Å². The van der Waals surface area contributed by atoms with Gasteiger partial charge < -0.3 is 5.32 Å². The van der Waals surface area contributed by atoms with E-state index < -0.39 is 10.0 Å². The third-order valence-electron chi connectivity index (χ3n) is 3.09. The van der Waals surface area contributed by atoms with Crippen LogP contribution in [0.15, 0.2) is 12.3 Å². The maximum absolute atomic E-state index is 11.8. The first-order valence-corrected chi connectivity index (χ1v) is 9.14. The average molecular weight is 331 g/mol. The zero-order valence-corrected chi connectivity index (χ0v) is 14.4. The van der Waals surface area contributed by atoms with E-state index in [1.807, 2.05) is 13.8 Å². The number of sulfonamides is 1. The molecular weight excluding hydrogens is 306 g/mol. The van der Waals surface area contributed by atoms with Crippen molar-refractivity contribution in [3.05, 3.63) is 12.3 Å². The van der Waals surface area contributed by atoms with Gasteiger partial charge in [0.05, 0.1) is 12.5 Å². The fourth-order valence-corrected chi connectivity index (χ4v) is 2.93. The van der Waals surface area contributed by atoms with Crippen molar-refractivity contribution in [2.45, 2.75) is 33.2 Å². The van der Waals surface area contributed by atoms with Crippen LogP contribution in [0.5, 0.6) is 0 Å². The SMILES string of the molecule is CCN(CCCNC(=O)Nc1ccnn1C(C)C)S(C)(=O)=O. The molecule has 0 bridgehead atoms. The van der Waals surface area contributed by atoms with Crippen molar-refractivity contribution in [1.82, 2.24) is 19.4 Å². The molecule has 0 unspecified atom stereocenters. The Labute approximate surface area is 131 Å². The summed E-state index contributed by atoms with van der Waals surface area (Å²) in [6, 6.07) is 1.55. The first-order valence-electron chi connectivity index (χ1n) is 7.29. The molecule has 0 spiro atoms. The Bertz CT molecular complexity index is 582. The van der Waals surface area contributed by atoms with Gasteiger partial charge in [-0.2, -0.15) is 5.10 Å². The molecule has 1 heterocycles. The molecule has 0 radical (unpaired) electrons. The molecule has 0 aliphatic carbocycles. The van der Waals surface area contributed by atoms with Crippen LogP contribution in [-0.4, -0.2) is 54.4 Å². The van der Waals surface area contributed by atoms with Crippen molar-refractivity contribution in [2.24, 2.45) is 0 Å². The molecule has 0 saturated carbocycles. The fraction of sp³-hybridized carbons (Fsp3) is 0.692. The molecule has 1 aromatic rings. The van der Waals surface area contributed by atoms with Crippen LogP contribution in [0.4, 0.5) is 10.6 Å². The summed E-state index contributed by atoms with van der Waals surface area (Å²) in [5.41, 5.74) is 0. The minimum atomic E-state index is -3.18. The number of hydrogen-bond acceptors (Lipinski definition) is 4. The van der Waals surface area contributed by atoms with E-state index in [1.165, 1.54) is 10.6 Å². The molecule has 22 heavy (non-hydrogen) atoms. The van der Waals surface area contributed by atoms with E-state index in [2.05, 4.69) is 15.7 Å². The molecule has 126 valence electrons. The average Bonchev–Trinajstić information content (AvgIpc) is 2.85.